The first kappa shape index (κ1) is 21.5. The SMILES string of the molecule is Cc1cccc(C(=O)N2CCN(C(=O)c3ccc(C)c(C)c3)C2C(=O)NCCN)c1. The van der Waals surface area contributed by atoms with Crippen molar-refractivity contribution in [2.45, 2.75) is 26.9 Å². The van der Waals surface area contributed by atoms with Crippen molar-refractivity contribution >= 4 is 17.7 Å². The number of aryl methyl sites for hydroxylation is 3. The molecule has 7 heteroatoms. The zero-order valence-electron chi connectivity index (χ0n) is 17.6. The molecule has 0 saturated carbocycles. The summed E-state index contributed by atoms with van der Waals surface area (Å²) in [5.41, 5.74) is 9.54. The van der Waals surface area contributed by atoms with Crippen molar-refractivity contribution in [3.8, 4) is 0 Å². The van der Waals surface area contributed by atoms with E-state index < -0.39 is 12.1 Å². The Morgan fingerprint density at radius 3 is 2.13 bits per heavy atom. The highest BCUT2D eigenvalue weighted by molar-refractivity contribution is 6.02. The van der Waals surface area contributed by atoms with Gasteiger partial charge in [0.15, 0.2) is 6.17 Å². The van der Waals surface area contributed by atoms with Gasteiger partial charge in [0.1, 0.15) is 0 Å². The van der Waals surface area contributed by atoms with Gasteiger partial charge in [0.2, 0.25) is 0 Å². The van der Waals surface area contributed by atoms with Crippen LogP contribution in [0.4, 0.5) is 0 Å². The average Bonchev–Trinajstić information content (AvgIpc) is 3.18. The van der Waals surface area contributed by atoms with Gasteiger partial charge >= 0.3 is 0 Å². The van der Waals surface area contributed by atoms with Crippen LogP contribution in [0.2, 0.25) is 0 Å². The van der Waals surface area contributed by atoms with Gasteiger partial charge in [0, 0.05) is 37.3 Å². The molecule has 1 atom stereocenters. The summed E-state index contributed by atoms with van der Waals surface area (Å²) in [5.74, 6) is -0.955. The Bertz CT molecular complexity index is 973. The monoisotopic (exact) mass is 408 g/mol. The van der Waals surface area contributed by atoms with Crippen LogP contribution >= 0.6 is 0 Å². The maximum atomic E-state index is 13.2. The number of carbonyl (C=O) groups is 3. The van der Waals surface area contributed by atoms with Crippen LogP contribution in [0.5, 0.6) is 0 Å². The summed E-state index contributed by atoms with van der Waals surface area (Å²) in [4.78, 5) is 42.3. The van der Waals surface area contributed by atoms with Gasteiger partial charge in [-0.05, 0) is 56.2 Å². The van der Waals surface area contributed by atoms with Crippen LogP contribution in [0.25, 0.3) is 0 Å². The number of benzene rings is 2. The van der Waals surface area contributed by atoms with Gasteiger partial charge in [-0.15, -0.1) is 0 Å². The van der Waals surface area contributed by atoms with Crippen LogP contribution in [0.15, 0.2) is 42.5 Å². The zero-order valence-corrected chi connectivity index (χ0v) is 17.6. The van der Waals surface area contributed by atoms with Crippen LogP contribution in [-0.4, -0.2) is 59.9 Å². The van der Waals surface area contributed by atoms with Gasteiger partial charge in [-0.2, -0.15) is 0 Å². The van der Waals surface area contributed by atoms with Gasteiger partial charge in [0.05, 0.1) is 0 Å². The summed E-state index contributed by atoms with van der Waals surface area (Å²) >= 11 is 0. The fraction of sp³-hybridized carbons (Fsp3) is 0.348. The third-order valence-corrected chi connectivity index (χ3v) is 5.39. The van der Waals surface area contributed by atoms with Gasteiger partial charge in [-0.1, -0.05) is 23.8 Å². The second kappa shape index (κ2) is 9.09. The molecular weight excluding hydrogens is 380 g/mol. The molecule has 2 aromatic carbocycles. The van der Waals surface area contributed by atoms with Crippen molar-refractivity contribution in [1.29, 1.82) is 0 Å². The number of nitrogens with one attached hydrogen (secondary N) is 1. The van der Waals surface area contributed by atoms with Gasteiger partial charge in [-0.3, -0.25) is 14.4 Å². The number of amides is 3. The molecule has 1 aliphatic rings. The molecule has 3 amide bonds. The lowest BCUT2D eigenvalue weighted by Crippen LogP contribution is -2.54. The Balaban J connectivity index is 1.92. The molecule has 158 valence electrons. The van der Waals surface area contributed by atoms with E-state index in [2.05, 4.69) is 5.32 Å². The molecule has 0 radical (unpaired) electrons. The highest BCUT2D eigenvalue weighted by Gasteiger charge is 2.43. The number of nitrogens with two attached hydrogens (primary N) is 1. The Hall–Kier alpha value is -3.19. The van der Waals surface area contributed by atoms with E-state index in [0.29, 0.717) is 11.1 Å². The van der Waals surface area contributed by atoms with Crippen LogP contribution in [0.1, 0.15) is 37.4 Å². The molecule has 0 aromatic heterocycles. The molecular formula is C23H28N4O3. The second-order valence-electron chi connectivity index (χ2n) is 7.62. The smallest absolute Gasteiger partial charge is 0.263 e. The van der Waals surface area contributed by atoms with E-state index in [4.69, 9.17) is 5.73 Å². The van der Waals surface area contributed by atoms with E-state index in [1.54, 1.807) is 24.3 Å². The van der Waals surface area contributed by atoms with Crippen molar-refractivity contribution < 1.29 is 14.4 Å². The third-order valence-electron chi connectivity index (χ3n) is 5.39. The number of hydrogen-bond donors (Lipinski definition) is 2. The van der Waals surface area contributed by atoms with Gasteiger partial charge in [-0.25, -0.2) is 0 Å². The molecule has 30 heavy (non-hydrogen) atoms. The average molecular weight is 409 g/mol. The van der Waals surface area contributed by atoms with E-state index in [1.807, 2.05) is 39.0 Å². The predicted molar refractivity (Wildman–Crippen MR) is 115 cm³/mol. The largest absolute Gasteiger partial charge is 0.351 e. The highest BCUT2D eigenvalue weighted by atomic mass is 16.2. The maximum Gasteiger partial charge on any atom is 0.263 e. The minimum atomic E-state index is -1.02. The standard InChI is InChI=1S/C23H28N4O3/c1-15-5-4-6-18(13-15)22(29)26-11-12-27(21(26)20(28)25-10-9-24)23(30)19-8-7-16(2)17(3)14-19/h4-8,13-14,21H,9-12,24H2,1-3H3,(H,25,28). The normalized spacial score (nSPS) is 15.9. The van der Waals surface area contributed by atoms with Crippen LogP contribution in [0, 0.1) is 20.8 Å². The topological polar surface area (TPSA) is 95.7 Å². The first-order valence-corrected chi connectivity index (χ1v) is 10.1. The van der Waals surface area contributed by atoms with E-state index in [1.165, 1.54) is 9.80 Å². The summed E-state index contributed by atoms with van der Waals surface area (Å²) < 4.78 is 0. The Morgan fingerprint density at radius 1 is 0.933 bits per heavy atom. The number of hydrogen-bond acceptors (Lipinski definition) is 4. The minimum Gasteiger partial charge on any atom is -0.351 e. The van der Waals surface area contributed by atoms with E-state index >= 15 is 0 Å². The van der Waals surface area contributed by atoms with Crippen LogP contribution < -0.4 is 11.1 Å². The summed E-state index contributed by atoms with van der Waals surface area (Å²) in [7, 11) is 0. The maximum absolute atomic E-state index is 13.2. The second-order valence-corrected chi connectivity index (χ2v) is 7.62. The molecule has 3 rings (SSSR count). The molecule has 2 aromatic rings. The molecule has 7 nitrogen and oxygen atoms in total. The van der Waals surface area contributed by atoms with Crippen LogP contribution in [0.3, 0.4) is 0 Å². The number of nitrogens with zero attached hydrogens (tertiary/aromatic N) is 2. The highest BCUT2D eigenvalue weighted by Crippen LogP contribution is 2.22. The zero-order chi connectivity index (χ0) is 21.8. The Morgan fingerprint density at radius 2 is 1.57 bits per heavy atom. The van der Waals surface area contributed by atoms with Crippen molar-refractivity contribution in [1.82, 2.24) is 15.1 Å². The summed E-state index contributed by atoms with van der Waals surface area (Å²) in [5, 5.41) is 2.73. The van der Waals surface area contributed by atoms with Crippen molar-refractivity contribution in [3.63, 3.8) is 0 Å². The lowest BCUT2D eigenvalue weighted by Gasteiger charge is -2.29. The lowest BCUT2D eigenvalue weighted by atomic mass is 10.1. The first-order valence-electron chi connectivity index (χ1n) is 10.1. The molecule has 0 spiro atoms. The summed E-state index contributed by atoms with van der Waals surface area (Å²) in [6.07, 6.45) is -1.02. The minimum absolute atomic E-state index is 0.271. The van der Waals surface area contributed by atoms with Crippen molar-refractivity contribution in [2.24, 2.45) is 5.73 Å². The van der Waals surface area contributed by atoms with Gasteiger partial charge in [0.25, 0.3) is 17.7 Å². The number of carbonyl (C=O) groups excluding carboxylic acids is 3. The summed E-state index contributed by atoms with van der Waals surface area (Å²) in [6, 6.07) is 12.7. The predicted octanol–water partition coefficient (Wildman–Crippen LogP) is 1.61. The van der Waals surface area contributed by atoms with E-state index in [0.717, 1.165) is 16.7 Å². The molecule has 1 unspecified atom stereocenters. The molecule has 3 N–H and O–H groups in total. The van der Waals surface area contributed by atoms with Crippen LogP contribution in [-0.2, 0) is 4.79 Å². The molecule has 0 aliphatic carbocycles. The third kappa shape index (κ3) is 4.36. The molecule has 1 heterocycles. The molecule has 1 saturated heterocycles. The molecule has 0 bridgehead atoms. The summed E-state index contributed by atoms with van der Waals surface area (Å²) in [6.45, 7) is 6.93. The lowest BCUT2D eigenvalue weighted by molar-refractivity contribution is -0.128. The van der Waals surface area contributed by atoms with E-state index in [9.17, 15) is 14.4 Å². The van der Waals surface area contributed by atoms with Crippen molar-refractivity contribution in [2.75, 3.05) is 26.2 Å². The quantitative estimate of drug-likeness (QED) is 0.786. The number of rotatable bonds is 5. The fourth-order valence-corrected chi connectivity index (χ4v) is 3.61. The Kier molecular flexibility index (Phi) is 6.52. The van der Waals surface area contributed by atoms with Crippen molar-refractivity contribution in [3.05, 3.63) is 70.3 Å². The van der Waals surface area contributed by atoms with Gasteiger partial charge < -0.3 is 20.9 Å². The molecule has 1 aliphatic heterocycles. The first-order chi connectivity index (χ1) is 14.3. The molecule has 1 fully saturated rings. The fourth-order valence-electron chi connectivity index (χ4n) is 3.61. The Labute approximate surface area is 176 Å². The van der Waals surface area contributed by atoms with E-state index in [-0.39, 0.29) is 38.0 Å².